The Bertz CT molecular complexity index is 422. The molecular weight excluding hydrogens is 230 g/mol. The first-order valence-corrected chi connectivity index (χ1v) is 5.28. The molecule has 0 unspecified atom stereocenters. The summed E-state index contributed by atoms with van der Waals surface area (Å²) in [5, 5.41) is 0.494. The maximum atomic E-state index is 11.0. The summed E-state index contributed by atoms with van der Waals surface area (Å²) >= 11 is 1.14. The van der Waals surface area contributed by atoms with Crippen LogP contribution in [0.15, 0.2) is 17.3 Å². The lowest BCUT2D eigenvalue weighted by atomic mass is 10.2. The van der Waals surface area contributed by atoms with E-state index in [2.05, 4.69) is 9.72 Å². The van der Waals surface area contributed by atoms with Crippen molar-refractivity contribution in [1.29, 1.82) is 0 Å². The summed E-state index contributed by atoms with van der Waals surface area (Å²) in [4.78, 5) is 25.8. The predicted octanol–water partition coefficient (Wildman–Crippen LogP) is 0.0278. The molecule has 0 radical (unpaired) electrons. The minimum Gasteiger partial charge on any atom is -0.468 e. The van der Waals surface area contributed by atoms with Crippen molar-refractivity contribution in [3.63, 3.8) is 0 Å². The largest absolute Gasteiger partial charge is 0.468 e. The van der Waals surface area contributed by atoms with E-state index in [0.717, 1.165) is 11.8 Å². The Labute approximate surface area is 96.4 Å². The summed E-state index contributed by atoms with van der Waals surface area (Å²) in [5.74, 6) is -0.880. The molecule has 0 fully saturated rings. The van der Waals surface area contributed by atoms with Crippen LogP contribution < -0.4 is 11.5 Å². The minimum absolute atomic E-state index is 0.117. The first-order valence-electron chi connectivity index (χ1n) is 4.29. The summed E-state index contributed by atoms with van der Waals surface area (Å²) in [5.41, 5.74) is 11.0. The number of nitrogens with zero attached hydrogens (tertiary/aromatic N) is 1. The Kier molecular flexibility index (Phi) is 4.12. The molecule has 0 bridgehead atoms. The monoisotopic (exact) mass is 241 g/mol. The lowest BCUT2D eigenvalue weighted by Crippen LogP contribution is -2.14. The van der Waals surface area contributed by atoms with Gasteiger partial charge in [-0.15, -0.1) is 0 Å². The van der Waals surface area contributed by atoms with E-state index >= 15 is 0 Å². The SMILES string of the molecule is COC(=O)CSc1cc(C(N)=O)c(N)cn1. The number of esters is 1. The Morgan fingerprint density at radius 3 is 2.81 bits per heavy atom. The van der Waals surface area contributed by atoms with E-state index in [-0.39, 0.29) is 23.0 Å². The number of rotatable bonds is 4. The van der Waals surface area contributed by atoms with Gasteiger partial charge >= 0.3 is 5.97 Å². The molecule has 1 amide bonds. The van der Waals surface area contributed by atoms with Gasteiger partial charge in [-0.1, -0.05) is 11.8 Å². The highest BCUT2D eigenvalue weighted by Crippen LogP contribution is 2.19. The molecule has 0 spiro atoms. The van der Waals surface area contributed by atoms with Gasteiger partial charge in [0.2, 0.25) is 0 Å². The number of ether oxygens (including phenoxy) is 1. The van der Waals surface area contributed by atoms with E-state index < -0.39 is 5.91 Å². The average molecular weight is 241 g/mol. The standard InChI is InChI=1S/C9H11N3O3S/c1-15-8(13)4-16-7-2-5(9(11)14)6(10)3-12-7/h2-3H,4,10H2,1H3,(H2,11,14). The molecule has 0 aromatic carbocycles. The average Bonchev–Trinajstić information content (AvgIpc) is 2.27. The lowest BCUT2D eigenvalue weighted by Gasteiger charge is -2.04. The van der Waals surface area contributed by atoms with Crippen LogP contribution in [0.2, 0.25) is 0 Å². The molecule has 4 N–H and O–H groups in total. The summed E-state index contributed by atoms with van der Waals surface area (Å²) in [6, 6.07) is 1.45. The van der Waals surface area contributed by atoms with E-state index in [1.54, 1.807) is 0 Å². The zero-order valence-electron chi connectivity index (χ0n) is 8.60. The number of methoxy groups -OCH3 is 1. The van der Waals surface area contributed by atoms with E-state index in [4.69, 9.17) is 11.5 Å². The van der Waals surface area contributed by atoms with Crippen LogP contribution in [-0.2, 0) is 9.53 Å². The quantitative estimate of drug-likeness (QED) is 0.568. The van der Waals surface area contributed by atoms with Crippen LogP contribution in [0, 0.1) is 0 Å². The molecular formula is C9H11N3O3S. The van der Waals surface area contributed by atoms with Crippen LogP contribution in [0.3, 0.4) is 0 Å². The van der Waals surface area contributed by atoms with Crippen molar-refractivity contribution < 1.29 is 14.3 Å². The van der Waals surface area contributed by atoms with Crippen molar-refractivity contribution in [3.05, 3.63) is 17.8 Å². The van der Waals surface area contributed by atoms with Crippen LogP contribution in [0.25, 0.3) is 0 Å². The third kappa shape index (κ3) is 3.13. The molecule has 1 aromatic heterocycles. The van der Waals surface area contributed by atoms with Gasteiger partial charge in [-0.3, -0.25) is 9.59 Å². The van der Waals surface area contributed by atoms with Gasteiger partial charge in [0.15, 0.2) is 0 Å². The second kappa shape index (κ2) is 5.36. The van der Waals surface area contributed by atoms with Gasteiger partial charge in [-0.2, -0.15) is 0 Å². The number of primary amides is 1. The van der Waals surface area contributed by atoms with E-state index in [1.165, 1.54) is 19.4 Å². The molecule has 1 heterocycles. The number of aromatic nitrogens is 1. The van der Waals surface area contributed by atoms with Crippen LogP contribution >= 0.6 is 11.8 Å². The maximum Gasteiger partial charge on any atom is 0.316 e. The van der Waals surface area contributed by atoms with E-state index in [1.807, 2.05) is 0 Å². The number of amides is 1. The van der Waals surface area contributed by atoms with Crippen molar-refractivity contribution in [3.8, 4) is 0 Å². The number of thioether (sulfide) groups is 1. The molecule has 0 aliphatic carbocycles. The number of carbonyl (C=O) groups excluding carboxylic acids is 2. The summed E-state index contributed by atoms with van der Waals surface area (Å²) in [7, 11) is 1.30. The fraction of sp³-hybridized carbons (Fsp3) is 0.222. The van der Waals surface area contributed by atoms with Crippen molar-refractivity contribution >= 4 is 29.3 Å². The number of anilines is 1. The topological polar surface area (TPSA) is 108 Å². The van der Waals surface area contributed by atoms with Crippen molar-refractivity contribution in [1.82, 2.24) is 4.98 Å². The van der Waals surface area contributed by atoms with Gasteiger partial charge in [-0.05, 0) is 6.07 Å². The number of hydrogen-bond acceptors (Lipinski definition) is 6. The second-order valence-corrected chi connectivity index (χ2v) is 3.83. The molecule has 0 saturated heterocycles. The highest BCUT2D eigenvalue weighted by molar-refractivity contribution is 7.99. The number of hydrogen-bond donors (Lipinski definition) is 2. The molecule has 1 aromatic rings. The molecule has 0 aliphatic heterocycles. The van der Waals surface area contributed by atoms with Crippen LogP contribution in [-0.4, -0.2) is 29.7 Å². The van der Waals surface area contributed by atoms with Crippen LogP contribution in [0.1, 0.15) is 10.4 Å². The molecule has 0 saturated carbocycles. The lowest BCUT2D eigenvalue weighted by molar-refractivity contribution is -0.137. The first-order chi connectivity index (χ1) is 7.54. The van der Waals surface area contributed by atoms with Crippen molar-refractivity contribution in [2.24, 2.45) is 5.73 Å². The number of pyridine rings is 1. The summed E-state index contributed by atoms with van der Waals surface area (Å²) in [6.07, 6.45) is 1.33. The van der Waals surface area contributed by atoms with Crippen molar-refractivity contribution in [2.45, 2.75) is 5.03 Å². The normalized spacial score (nSPS) is 9.81. The predicted molar refractivity (Wildman–Crippen MR) is 59.9 cm³/mol. The molecule has 7 heteroatoms. The zero-order valence-corrected chi connectivity index (χ0v) is 9.41. The number of nitrogens with two attached hydrogens (primary N) is 2. The van der Waals surface area contributed by atoms with E-state index in [9.17, 15) is 9.59 Å². The maximum absolute atomic E-state index is 11.0. The molecule has 16 heavy (non-hydrogen) atoms. The molecule has 1 rings (SSSR count). The van der Waals surface area contributed by atoms with Gasteiger partial charge in [-0.25, -0.2) is 4.98 Å². The fourth-order valence-corrected chi connectivity index (χ4v) is 1.64. The summed E-state index contributed by atoms with van der Waals surface area (Å²) in [6.45, 7) is 0. The Balaban J connectivity index is 2.79. The Hall–Kier alpha value is -1.76. The van der Waals surface area contributed by atoms with Gasteiger partial charge in [0.1, 0.15) is 0 Å². The van der Waals surface area contributed by atoms with Gasteiger partial charge in [0, 0.05) is 0 Å². The first kappa shape index (κ1) is 12.3. The molecule has 0 aliphatic rings. The highest BCUT2D eigenvalue weighted by Gasteiger charge is 2.09. The van der Waals surface area contributed by atoms with Gasteiger partial charge in [0.25, 0.3) is 5.91 Å². The van der Waals surface area contributed by atoms with Gasteiger partial charge in [0.05, 0.1) is 35.3 Å². The minimum atomic E-state index is -0.625. The van der Waals surface area contributed by atoms with Crippen LogP contribution in [0.5, 0.6) is 0 Å². The molecule has 6 nitrogen and oxygen atoms in total. The van der Waals surface area contributed by atoms with Crippen LogP contribution in [0.4, 0.5) is 5.69 Å². The summed E-state index contributed by atoms with van der Waals surface area (Å²) < 4.78 is 4.47. The van der Waals surface area contributed by atoms with Crippen molar-refractivity contribution in [2.75, 3.05) is 18.6 Å². The van der Waals surface area contributed by atoms with Gasteiger partial charge < -0.3 is 16.2 Å². The Morgan fingerprint density at radius 1 is 1.56 bits per heavy atom. The zero-order chi connectivity index (χ0) is 12.1. The fourth-order valence-electron chi connectivity index (χ4n) is 0.931. The number of nitrogen functional groups attached to an aromatic ring is 1. The third-order valence-corrected chi connectivity index (χ3v) is 2.64. The van der Waals surface area contributed by atoms with E-state index in [0.29, 0.717) is 5.03 Å². The Morgan fingerprint density at radius 2 is 2.25 bits per heavy atom. The molecule has 0 atom stereocenters. The third-order valence-electron chi connectivity index (χ3n) is 1.74. The molecule has 86 valence electrons. The second-order valence-electron chi connectivity index (χ2n) is 2.84. The smallest absolute Gasteiger partial charge is 0.316 e. The number of carbonyl (C=O) groups is 2. The highest BCUT2D eigenvalue weighted by atomic mass is 32.2.